The second-order valence-corrected chi connectivity index (χ2v) is 4.61. The Balaban J connectivity index is 3.24. The van der Waals surface area contributed by atoms with Gasteiger partial charge in [-0.25, -0.2) is 0 Å². The first-order valence-corrected chi connectivity index (χ1v) is 5.34. The van der Waals surface area contributed by atoms with Gasteiger partial charge in [-0.05, 0) is 25.7 Å². The zero-order valence-corrected chi connectivity index (χ0v) is 8.44. The van der Waals surface area contributed by atoms with E-state index in [0.717, 1.165) is 22.3 Å². The van der Waals surface area contributed by atoms with Crippen LogP contribution in [0.1, 0.15) is 20.8 Å². The first-order chi connectivity index (χ1) is 5.20. The number of thioether (sulfide) groups is 1. The van der Waals surface area contributed by atoms with Gasteiger partial charge < -0.3 is 0 Å². The van der Waals surface area contributed by atoms with E-state index in [9.17, 15) is 4.79 Å². The van der Waals surface area contributed by atoms with Crippen molar-refractivity contribution in [2.45, 2.75) is 18.1 Å². The molecule has 0 bridgehead atoms. The number of hydrogen-bond acceptors (Lipinski definition) is 3. The van der Waals surface area contributed by atoms with Gasteiger partial charge in [-0.15, -0.1) is 23.1 Å². The standard InChI is InChI=1S/C8H10OS2/c1-5-7(4-9)6(2)11-8(5)10-3/h4H,1-3H3. The topological polar surface area (TPSA) is 17.1 Å². The zero-order valence-electron chi connectivity index (χ0n) is 6.80. The van der Waals surface area contributed by atoms with E-state index in [1.54, 1.807) is 23.1 Å². The Hall–Kier alpha value is -0.280. The molecule has 11 heavy (non-hydrogen) atoms. The Labute approximate surface area is 74.8 Å². The highest BCUT2D eigenvalue weighted by atomic mass is 32.2. The molecule has 1 heterocycles. The van der Waals surface area contributed by atoms with Gasteiger partial charge >= 0.3 is 0 Å². The van der Waals surface area contributed by atoms with Crippen molar-refractivity contribution in [3.8, 4) is 0 Å². The Morgan fingerprint density at radius 1 is 1.45 bits per heavy atom. The van der Waals surface area contributed by atoms with Crippen molar-refractivity contribution >= 4 is 29.4 Å². The highest BCUT2D eigenvalue weighted by molar-refractivity contribution is 8.00. The van der Waals surface area contributed by atoms with Crippen LogP contribution in [0, 0.1) is 13.8 Å². The van der Waals surface area contributed by atoms with Gasteiger partial charge in [0.2, 0.25) is 0 Å². The summed E-state index contributed by atoms with van der Waals surface area (Å²) in [4.78, 5) is 11.7. The highest BCUT2D eigenvalue weighted by Crippen LogP contribution is 2.32. The minimum Gasteiger partial charge on any atom is -0.298 e. The summed E-state index contributed by atoms with van der Waals surface area (Å²) in [6, 6.07) is 0. The number of thiophene rings is 1. The summed E-state index contributed by atoms with van der Waals surface area (Å²) in [6.07, 6.45) is 2.98. The van der Waals surface area contributed by atoms with Gasteiger partial charge in [0.15, 0.2) is 6.29 Å². The van der Waals surface area contributed by atoms with E-state index in [1.807, 2.05) is 20.1 Å². The van der Waals surface area contributed by atoms with E-state index >= 15 is 0 Å². The fourth-order valence-corrected chi connectivity index (χ4v) is 2.99. The molecule has 0 aliphatic rings. The van der Waals surface area contributed by atoms with Crippen molar-refractivity contribution in [3.05, 3.63) is 16.0 Å². The maximum absolute atomic E-state index is 10.6. The van der Waals surface area contributed by atoms with E-state index < -0.39 is 0 Å². The number of aryl methyl sites for hydroxylation is 1. The third-order valence-electron chi connectivity index (χ3n) is 1.64. The molecule has 0 spiro atoms. The number of hydrogen-bond donors (Lipinski definition) is 0. The average molecular weight is 186 g/mol. The minimum atomic E-state index is 0.874. The first-order valence-electron chi connectivity index (χ1n) is 3.29. The Morgan fingerprint density at radius 2 is 2.09 bits per heavy atom. The summed E-state index contributed by atoms with van der Waals surface area (Å²) >= 11 is 3.40. The highest BCUT2D eigenvalue weighted by Gasteiger charge is 2.09. The van der Waals surface area contributed by atoms with E-state index in [1.165, 1.54) is 4.21 Å². The Kier molecular flexibility index (Phi) is 2.73. The smallest absolute Gasteiger partial charge is 0.151 e. The van der Waals surface area contributed by atoms with Crippen molar-refractivity contribution in [3.63, 3.8) is 0 Å². The number of aldehydes is 1. The lowest BCUT2D eigenvalue weighted by Gasteiger charge is -1.90. The second-order valence-electron chi connectivity index (χ2n) is 2.31. The minimum absolute atomic E-state index is 0.874. The van der Waals surface area contributed by atoms with Crippen LogP contribution in [0.15, 0.2) is 4.21 Å². The third-order valence-corrected chi connectivity index (χ3v) is 4.08. The molecule has 1 nitrogen and oxygen atoms in total. The van der Waals surface area contributed by atoms with Gasteiger partial charge in [-0.1, -0.05) is 0 Å². The monoisotopic (exact) mass is 186 g/mol. The summed E-state index contributed by atoms with van der Waals surface area (Å²) in [5, 5.41) is 0. The number of carbonyl (C=O) groups is 1. The molecule has 1 aromatic rings. The molecule has 0 fully saturated rings. The lowest BCUT2D eigenvalue weighted by atomic mass is 10.2. The molecule has 3 heteroatoms. The fourth-order valence-electron chi connectivity index (χ4n) is 1.01. The van der Waals surface area contributed by atoms with E-state index in [-0.39, 0.29) is 0 Å². The third kappa shape index (κ3) is 1.49. The number of carbonyl (C=O) groups excluding carboxylic acids is 1. The Bertz CT molecular complexity index is 276. The molecule has 1 aromatic heterocycles. The molecule has 1 rings (SSSR count). The van der Waals surface area contributed by atoms with Crippen LogP contribution in [0.5, 0.6) is 0 Å². The largest absolute Gasteiger partial charge is 0.298 e. The van der Waals surface area contributed by atoms with Gasteiger partial charge in [0.25, 0.3) is 0 Å². The normalized spacial score (nSPS) is 10.1. The molecule has 0 saturated heterocycles. The van der Waals surface area contributed by atoms with Crippen molar-refractivity contribution in [2.24, 2.45) is 0 Å². The lowest BCUT2D eigenvalue weighted by Crippen LogP contribution is -1.81. The zero-order chi connectivity index (χ0) is 8.43. The molecule has 0 aromatic carbocycles. The molecular formula is C8H10OS2. The fraction of sp³-hybridized carbons (Fsp3) is 0.375. The van der Waals surface area contributed by atoms with Crippen molar-refractivity contribution in [2.75, 3.05) is 6.26 Å². The SMILES string of the molecule is CSc1sc(C)c(C=O)c1C. The van der Waals surface area contributed by atoms with E-state index in [0.29, 0.717) is 0 Å². The van der Waals surface area contributed by atoms with Crippen LogP contribution in [0.25, 0.3) is 0 Å². The van der Waals surface area contributed by atoms with Crippen molar-refractivity contribution in [1.29, 1.82) is 0 Å². The van der Waals surface area contributed by atoms with Gasteiger partial charge in [-0.3, -0.25) is 4.79 Å². The summed E-state index contributed by atoms with van der Waals surface area (Å²) < 4.78 is 1.25. The molecule has 0 saturated carbocycles. The molecule has 0 N–H and O–H groups in total. The maximum Gasteiger partial charge on any atom is 0.151 e. The summed E-state index contributed by atoms with van der Waals surface area (Å²) in [6.45, 7) is 3.99. The van der Waals surface area contributed by atoms with Crippen LogP contribution in [-0.2, 0) is 0 Å². The predicted molar refractivity (Wildman–Crippen MR) is 51.0 cm³/mol. The average Bonchev–Trinajstić information content (AvgIpc) is 2.26. The van der Waals surface area contributed by atoms with Crippen LogP contribution in [0.4, 0.5) is 0 Å². The van der Waals surface area contributed by atoms with Crippen LogP contribution in [0.3, 0.4) is 0 Å². The molecule has 60 valence electrons. The maximum atomic E-state index is 10.6. The second kappa shape index (κ2) is 3.41. The van der Waals surface area contributed by atoms with Gasteiger partial charge in [0.1, 0.15) is 0 Å². The molecule has 0 unspecified atom stereocenters. The summed E-state index contributed by atoms with van der Waals surface area (Å²) in [5.74, 6) is 0. The lowest BCUT2D eigenvalue weighted by molar-refractivity contribution is 0.112. The summed E-state index contributed by atoms with van der Waals surface area (Å²) in [5.41, 5.74) is 2.01. The molecule has 0 atom stereocenters. The molecule has 0 amide bonds. The van der Waals surface area contributed by atoms with E-state index in [4.69, 9.17) is 0 Å². The van der Waals surface area contributed by atoms with Crippen LogP contribution in [-0.4, -0.2) is 12.5 Å². The molecule has 0 aliphatic carbocycles. The number of rotatable bonds is 2. The van der Waals surface area contributed by atoms with Crippen molar-refractivity contribution in [1.82, 2.24) is 0 Å². The molecule has 0 radical (unpaired) electrons. The predicted octanol–water partition coefficient (Wildman–Crippen LogP) is 2.90. The van der Waals surface area contributed by atoms with Gasteiger partial charge in [0, 0.05) is 10.4 Å². The summed E-state index contributed by atoms with van der Waals surface area (Å²) in [7, 11) is 0. The van der Waals surface area contributed by atoms with Gasteiger partial charge in [-0.2, -0.15) is 0 Å². The van der Waals surface area contributed by atoms with Crippen LogP contribution in [0.2, 0.25) is 0 Å². The quantitative estimate of drug-likeness (QED) is 0.522. The molecule has 0 aliphatic heterocycles. The van der Waals surface area contributed by atoms with Crippen LogP contribution >= 0.6 is 23.1 Å². The van der Waals surface area contributed by atoms with Crippen molar-refractivity contribution < 1.29 is 4.79 Å². The van der Waals surface area contributed by atoms with Crippen LogP contribution < -0.4 is 0 Å². The molecular weight excluding hydrogens is 176 g/mol. The Morgan fingerprint density at radius 3 is 2.36 bits per heavy atom. The van der Waals surface area contributed by atoms with Gasteiger partial charge in [0.05, 0.1) is 4.21 Å². The van der Waals surface area contributed by atoms with E-state index in [2.05, 4.69) is 0 Å². The first kappa shape index (κ1) is 8.81.